The summed E-state index contributed by atoms with van der Waals surface area (Å²) in [5.41, 5.74) is 14.9. The lowest BCUT2D eigenvalue weighted by Crippen LogP contribution is -2.14. The Kier molecular flexibility index (Phi) is 4.77. The van der Waals surface area contributed by atoms with Crippen LogP contribution < -0.4 is 11.5 Å². The fourth-order valence-electron chi connectivity index (χ4n) is 2.19. The number of hydrogen-bond acceptors (Lipinski definition) is 3. The Morgan fingerprint density at radius 1 is 1.19 bits per heavy atom. The molecule has 0 aliphatic carbocycles. The summed E-state index contributed by atoms with van der Waals surface area (Å²) in [7, 11) is 0. The minimum Gasteiger partial charge on any atom is -0.508 e. The molecule has 0 radical (unpaired) electrons. The molecule has 0 saturated carbocycles. The summed E-state index contributed by atoms with van der Waals surface area (Å²) in [6.45, 7) is 4.70. The number of nitrogens with two attached hydrogens (primary N) is 2. The molecule has 3 nitrogen and oxygen atoms in total. The molecule has 16 heavy (non-hydrogen) atoms. The van der Waals surface area contributed by atoms with Crippen molar-refractivity contribution < 1.29 is 5.11 Å². The first kappa shape index (κ1) is 13.0. The third kappa shape index (κ3) is 3.22. The summed E-state index contributed by atoms with van der Waals surface area (Å²) in [6.07, 6.45) is 3.02. The summed E-state index contributed by atoms with van der Waals surface area (Å²) < 4.78 is 0. The maximum atomic E-state index is 9.46. The Bertz CT molecular complexity index is 327. The first-order valence-electron chi connectivity index (χ1n) is 5.82. The van der Waals surface area contributed by atoms with Crippen LogP contribution in [-0.2, 0) is 0 Å². The van der Waals surface area contributed by atoms with Gasteiger partial charge in [0, 0.05) is 6.04 Å². The van der Waals surface area contributed by atoms with Crippen LogP contribution in [0, 0.1) is 13.8 Å². The van der Waals surface area contributed by atoms with E-state index in [1.807, 2.05) is 13.8 Å². The van der Waals surface area contributed by atoms with Crippen LogP contribution in [-0.4, -0.2) is 11.7 Å². The zero-order valence-corrected chi connectivity index (χ0v) is 10.2. The van der Waals surface area contributed by atoms with Gasteiger partial charge in [-0.1, -0.05) is 6.42 Å². The molecular formula is C13H22N2O. The lowest BCUT2D eigenvalue weighted by molar-refractivity contribution is 0.473. The van der Waals surface area contributed by atoms with Gasteiger partial charge in [-0.3, -0.25) is 0 Å². The maximum Gasteiger partial charge on any atom is 0.116 e. The fraction of sp³-hybridized carbons (Fsp3) is 0.538. The lowest BCUT2D eigenvalue weighted by Gasteiger charge is -2.17. The van der Waals surface area contributed by atoms with E-state index >= 15 is 0 Å². The van der Waals surface area contributed by atoms with Gasteiger partial charge in [0.2, 0.25) is 0 Å². The summed E-state index contributed by atoms with van der Waals surface area (Å²) in [5, 5.41) is 9.46. The zero-order chi connectivity index (χ0) is 12.1. The first-order chi connectivity index (χ1) is 7.56. The largest absolute Gasteiger partial charge is 0.508 e. The number of hydrogen-bond donors (Lipinski definition) is 3. The highest BCUT2D eigenvalue weighted by Gasteiger charge is 2.12. The van der Waals surface area contributed by atoms with Crippen molar-refractivity contribution >= 4 is 0 Å². The van der Waals surface area contributed by atoms with Crippen LogP contribution in [0.3, 0.4) is 0 Å². The molecular weight excluding hydrogens is 200 g/mol. The minimum absolute atomic E-state index is 0.0483. The Morgan fingerprint density at radius 3 is 2.25 bits per heavy atom. The van der Waals surface area contributed by atoms with Gasteiger partial charge in [-0.05, 0) is 62.1 Å². The van der Waals surface area contributed by atoms with Crippen molar-refractivity contribution in [3.8, 4) is 5.75 Å². The van der Waals surface area contributed by atoms with E-state index in [0.717, 1.165) is 42.5 Å². The standard InChI is InChI=1S/C13H22N2O/c1-9-7-11(16)8-10(2)13(9)12(15)5-3-4-6-14/h7-8,12,16H,3-6,14-15H2,1-2H3/t12-/m1/s1. The smallest absolute Gasteiger partial charge is 0.116 e. The molecule has 0 bridgehead atoms. The van der Waals surface area contributed by atoms with E-state index in [-0.39, 0.29) is 6.04 Å². The first-order valence-corrected chi connectivity index (χ1v) is 5.82. The highest BCUT2D eigenvalue weighted by atomic mass is 16.3. The van der Waals surface area contributed by atoms with Crippen LogP contribution in [0.2, 0.25) is 0 Å². The van der Waals surface area contributed by atoms with E-state index in [4.69, 9.17) is 11.5 Å². The molecule has 0 aromatic heterocycles. The van der Waals surface area contributed by atoms with Gasteiger partial charge in [0.1, 0.15) is 5.75 Å². The number of phenols is 1. The minimum atomic E-state index is 0.0483. The highest BCUT2D eigenvalue weighted by Crippen LogP contribution is 2.27. The van der Waals surface area contributed by atoms with Gasteiger partial charge in [0.15, 0.2) is 0 Å². The lowest BCUT2D eigenvalue weighted by atomic mass is 9.93. The molecule has 0 aliphatic rings. The van der Waals surface area contributed by atoms with Gasteiger partial charge in [-0.15, -0.1) is 0 Å². The van der Waals surface area contributed by atoms with Crippen molar-refractivity contribution in [1.82, 2.24) is 0 Å². The number of unbranched alkanes of at least 4 members (excludes halogenated alkanes) is 1. The van der Waals surface area contributed by atoms with Crippen molar-refractivity contribution in [3.05, 3.63) is 28.8 Å². The topological polar surface area (TPSA) is 72.3 Å². The molecule has 1 aromatic rings. The van der Waals surface area contributed by atoms with E-state index in [9.17, 15) is 5.11 Å². The molecule has 0 heterocycles. The molecule has 0 unspecified atom stereocenters. The quantitative estimate of drug-likeness (QED) is 0.668. The normalized spacial score (nSPS) is 12.8. The Morgan fingerprint density at radius 2 is 1.75 bits per heavy atom. The predicted octanol–water partition coefficient (Wildman–Crippen LogP) is 2.14. The molecule has 0 fully saturated rings. The molecule has 3 heteroatoms. The van der Waals surface area contributed by atoms with Crippen molar-refractivity contribution in [3.63, 3.8) is 0 Å². The number of phenolic OH excluding ortho intramolecular Hbond substituents is 1. The number of aryl methyl sites for hydroxylation is 2. The van der Waals surface area contributed by atoms with Crippen molar-refractivity contribution in [1.29, 1.82) is 0 Å². The second-order valence-corrected chi connectivity index (χ2v) is 4.38. The highest BCUT2D eigenvalue weighted by molar-refractivity contribution is 5.42. The Balaban J connectivity index is 2.78. The Labute approximate surface area is 97.5 Å². The molecule has 0 amide bonds. The van der Waals surface area contributed by atoms with Gasteiger partial charge in [-0.2, -0.15) is 0 Å². The average molecular weight is 222 g/mol. The molecule has 1 atom stereocenters. The fourth-order valence-corrected chi connectivity index (χ4v) is 2.19. The maximum absolute atomic E-state index is 9.46. The predicted molar refractivity (Wildman–Crippen MR) is 67.4 cm³/mol. The monoisotopic (exact) mass is 222 g/mol. The van der Waals surface area contributed by atoms with E-state index in [0.29, 0.717) is 5.75 Å². The van der Waals surface area contributed by atoms with Crippen LogP contribution in [0.5, 0.6) is 5.75 Å². The number of aromatic hydroxyl groups is 1. The third-order valence-corrected chi connectivity index (χ3v) is 2.92. The number of rotatable bonds is 5. The van der Waals surface area contributed by atoms with Crippen LogP contribution in [0.25, 0.3) is 0 Å². The van der Waals surface area contributed by atoms with Crippen molar-refractivity contribution in [2.75, 3.05) is 6.54 Å². The molecule has 1 rings (SSSR count). The van der Waals surface area contributed by atoms with Gasteiger partial charge >= 0.3 is 0 Å². The van der Waals surface area contributed by atoms with Crippen LogP contribution in [0.1, 0.15) is 42.0 Å². The summed E-state index contributed by atoms with van der Waals surface area (Å²) in [4.78, 5) is 0. The van der Waals surface area contributed by atoms with Crippen LogP contribution in [0.15, 0.2) is 12.1 Å². The third-order valence-electron chi connectivity index (χ3n) is 2.92. The second-order valence-electron chi connectivity index (χ2n) is 4.38. The van der Waals surface area contributed by atoms with Crippen LogP contribution in [0.4, 0.5) is 0 Å². The summed E-state index contributed by atoms with van der Waals surface area (Å²) >= 11 is 0. The molecule has 0 aliphatic heterocycles. The van der Waals surface area contributed by atoms with E-state index in [1.165, 1.54) is 0 Å². The molecule has 1 aromatic carbocycles. The number of benzene rings is 1. The average Bonchev–Trinajstić information content (AvgIpc) is 2.16. The van der Waals surface area contributed by atoms with Gasteiger partial charge < -0.3 is 16.6 Å². The van der Waals surface area contributed by atoms with Crippen molar-refractivity contribution in [2.24, 2.45) is 11.5 Å². The van der Waals surface area contributed by atoms with Crippen LogP contribution >= 0.6 is 0 Å². The molecule has 0 saturated heterocycles. The summed E-state index contributed by atoms with van der Waals surface area (Å²) in [6, 6.07) is 3.59. The van der Waals surface area contributed by atoms with Gasteiger partial charge in [0.25, 0.3) is 0 Å². The molecule has 0 spiro atoms. The zero-order valence-electron chi connectivity index (χ0n) is 10.2. The van der Waals surface area contributed by atoms with E-state index in [1.54, 1.807) is 12.1 Å². The van der Waals surface area contributed by atoms with Crippen molar-refractivity contribution in [2.45, 2.75) is 39.2 Å². The van der Waals surface area contributed by atoms with E-state index < -0.39 is 0 Å². The molecule has 5 N–H and O–H groups in total. The SMILES string of the molecule is Cc1cc(O)cc(C)c1[C@H](N)CCCCN. The van der Waals surface area contributed by atoms with E-state index in [2.05, 4.69) is 0 Å². The van der Waals surface area contributed by atoms with Gasteiger partial charge in [0.05, 0.1) is 0 Å². The van der Waals surface area contributed by atoms with Gasteiger partial charge in [-0.25, -0.2) is 0 Å². The molecule has 90 valence electrons. The second kappa shape index (κ2) is 5.87. The Hall–Kier alpha value is -1.06. The summed E-state index contributed by atoms with van der Waals surface area (Å²) in [5.74, 6) is 0.313.